The molecular formula is C26H21F2N7O2. The van der Waals surface area contributed by atoms with Gasteiger partial charge in [0.25, 0.3) is 5.91 Å². The molecule has 11 heteroatoms. The fraction of sp³-hybridized carbons (Fsp3) is 0.154. The number of aromatic amines is 2. The molecule has 0 atom stereocenters. The summed E-state index contributed by atoms with van der Waals surface area (Å²) in [7, 11) is 0. The number of hydrogen-bond acceptors (Lipinski definition) is 6. The number of fused-ring (bicyclic) bond motifs is 1. The van der Waals surface area contributed by atoms with Gasteiger partial charge in [-0.3, -0.25) is 9.89 Å². The van der Waals surface area contributed by atoms with Crippen LogP contribution in [0.25, 0.3) is 22.2 Å². The van der Waals surface area contributed by atoms with Crippen LogP contribution in [0.5, 0.6) is 11.6 Å². The number of carbonyl (C=O) groups is 1. The van der Waals surface area contributed by atoms with E-state index >= 15 is 4.39 Å². The predicted molar refractivity (Wildman–Crippen MR) is 133 cm³/mol. The summed E-state index contributed by atoms with van der Waals surface area (Å²) in [4.78, 5) is 26.1. The van der Waals surface area contributed by atoms with Gasteiger partial charge < -0.3 is 19.9 Å². The number of likely N-dealkylation sites (tertiary alicyclic amines) is 1. The second-order valence-corrected chi connectivity index (χ2v) is 8.72. The number of nitrogens with zero attached hydrogens (tertiary/aromatic N) is 4. The van der Waals surface area contributed by atoms with E-state index in [4.69, 9.17) is 4.74 Å². The van der Waals surface area contributed by atoms with Crippen LogP contribution in [0.15, 0.2) is 54.9 Å². The zero-order valence-electron chi connectivity index (χ0n) is 19.7. The van der Waals surface area contributed by atoms with Crippen molar-refractivity contribution in [2.24, 2.45) is 0 Å². The molecule has 5 aromatic rings. The Hall–Kier alpha value is -4.80. The van der Waals surface area contributed by atoms with Crippen LogP contribution in [0, 0.1) is 18.6 Å². The number of H-pyrrole nitrogens is 2. The van der Waals surface area contributed by atoms with Crippen LogP contribution in [-0.4, -0.2) is 49.0 Å². The average molecular weight is 501 g/mol. The lowest BCUT2D eigenvalue weighted by molar-refractivity contribution is 0.0649. The maximum Gasteiger partial charge on any atom is 0.263 e. The van der Waals surface area contributed by atoms with E-state index in [0.29, 0.717) is 24.6 Å². The molecule has 0 bridgehead atoms. The highest BCUT2D eigenvalue weighted by molar-refractivity contribution is 6.02. The fourth-order valence-electron chi connectivity index (χ4n) is 4.20. The fourth-order valence-corrected chi connectivity index (χ4v) is 4.20. The molecule has 3 aromatic heterocycles. The lowest BCUT2D eigenvalue weighted by atomic mass is 10.1. The predicted octanol–water partition coefficient (Wildman–Crippen LogP) is 5.32. The normalized spacial score (nSPS) is 13.0. The van der Waals surface area contributed by atoms with E-state index in [2.05, 4.69) is 30.5 Å². The van der Waals surface area contributed by atoms with Gasteiger partial charge in [-0.15, -0.1) is 0 Å². The van der Waals surface area contributed by atoms with Gasteiger partial charge in [0, 0.05) is 36.3 Å². The average Bonchev–Trinajstić information content (AvgIpc) is 3.49. The van der Waals surface area contributed by atoms with Crippen molar-refractivity contribution in [3.05, 3.63) is 77.8 Å². The van der Waals surface area contributed by atoms with Gasteiger partial charge in [-0.25, -0.2) is 18.7 Å². The Morgan fingerprint density at radius 3 is 2.68 bits per heavy atom. The maximum atomic E-state index is 15.2. The molecule has 1 fully saturated rings. The highest BCUT2D eigenvalue weighted by Gasteiger charge is 2.30. The number of ether oxygens (including phenoxy) is 1. The third kappa shape index (κ3) is 4.14. The van der Waals surface area contributed by atoms with E-state index < -0.39 is 17.4 Å². The minimum atomic E-state index is -0.768. The van der Waals surface area contributed by atoms with Gasteiger partial charge in [-0.2, -0.15) is 5.10 Å². The van der Waals surface area contributed by atoms with E-state index in [1.165, 1.54) is 12.4 Å². The van der Waals surface area contributed by atoms with Crippen LogP contribution < -0.4 is 10.1 Å². The summed E-state index contributed by atoms with van der Waals surface area (Å²) in [5.74, 6) is -1.89. The van der Waals surface area contributed by atoms with Crippen LogP contribution in [0.3, 0.4) is 0 Å². The second-order valence-electron chi connectivity index (χ2n) is 8.72. The Balaban J connectivity index is 1.39. The molecule has 1 amide bonds. The monoisotopic (exact) mass is 501 g/mol. The zero-order valence-corrected chi connectivity index (χ0v) is 19.7. The Bertz CT molecular complexity index is 1630. The summed E-state index contributed by atoms with van der Waals surface area (Å²) in [5.41, 5.74) is 2.33. The first-order valence-electron chi connectivity index (χ1n) is 11.6. The first kappa shape index (κ1) is 22.7. The van der Waals surface area contributed by atoms with Gasteiger partial charge in [0.15, 0.2) is 29.0 Å². The number of benzene rings is 2. The van der Waals surface area contributed by atoms with Crippen LogP contribution >= 0.6 is 0 Å². The van der Waals surface area contributed by atoms with Gasteiger partial charge in [-0.05, 0) is 25.0 Å². The molecular weight excluding hydrogens is 480 g/mol. The van der Waals surface area contributed by atoms with Gasteiger partial charge >= 0.3 is 0 Å². The van der Waals surface area contributed by atoms with E-state index in [1.54, 1.807) is 17.9 Å². The number of aromatic nitrogens is 5. The van der Waals surface area contributed by atoms with E-state index in [9.17, 15) is 9.18 Å². The van der Waals surface area contributed by atoms with Gasteiger partial charge in [0.1, 0.15) is 11.9 Å². The Morgan fingerprint density at radius 1 is 1.11 bits per heavy atom. The van der Waals surface area contributed by atoms with Gasteiger partial charge in [0.05, 0.1) is 11.2 Å². The van der Waals surface area contributed by atoms with Gasteiger partial charge in [0.2, 0.25) is 5.88 Å². The number of halogens is 2. The molecule has 1 aliphatic heterocycles. The summed E-state index contributed by atoms with van der Waals surface area (Å²) in [6.45, 7) is 2.82. The van der Waals surface area contributed by atoms with E-state index in [-0.39, 0.29) is 34.1 Å². The highest BCUT2D eigenvalue weighted by atomic mass is 19.1. The summed E-state index contributed by atoms with van der Waals surface area (Å²) in [5, 5.41) is 10.3. The largest absolute Gasteiger partial charge is 0.435 e. The topological polar surface area (TPSA) is 112 Å². The Morgan fingerprint density at radius 2 is 1.92 bits per heavy atom. The van der Waals surface area contributed by atoms with E-state index in [1.807, 2.05) is 30.3 Å². The first-order valence-corrected chi connectivity index (χ1v) is 11.6. The minimum absolute atomic E-state index is 0.00313. The number of hydrogen-bond donors (Lipinski definition) is 3. The van der Waals surface area contributed by atoms with Crippen molar-refractivity contribution in [3.63, 3.8) is 0 Å². The van der Waals surface area contributed by atoms with Crippen LogP contribution in [0.2, 0.25) is 0 Å². The quantitative estimate of drug-likeness (QED) is 0.291. The molecule has 0 spiro atoms. The van der Waals surface area contributed by atoms with Crippen LogP contribution in [0.1, 0.15) is 22.5 Å². The van der Waals surface area contributed by atoms with E-state index in [0.717, 1.165) is 23.7 Å². The second kappa shape index (κ2) is 9.01. The molecule has 37 heavy (non-hydrogen) atoms. The molecule has 9 nitrogen and oxygen atoms in total. The molecule has 2 aromatic carbocycles. The summed E-state index contributed by atoms with van der Waals surface area (Å²) in [6, 6.07) is 13.8. The molecule has 186 valence electrons. The molecule has 0 radical (unpaired) electrons. The number of amides is 1. The molecule has 6 rings (SSSR count). The summed E-state index contributed by atoms with van der Waals surface area (Å²) >= 11 is 0. The standard InChI is InChI=1S/C26H21F2N7O2/c1-14-10-16-22(28)19(11-17(27)23(16)31-14)37-25-21(26(36)35-8-5-9-35)24(29-13-30-25)32-20-12-18(33-34-20)15-6-3-2-4-7-15/h2-4,6-7,10-13,31H,5,8-9H2,1H3,(H2,29,30,32,33,34). The lowest BCUT2D eigenvalue weighted by Gasteiger charge is -2.31. The van der Waals surface area contributed by atoms with Gasteiger partial charge in [-0.1, -0.05) is 30.3 Å². The summed E-state index contributed by atoms with van der Waals surface area (Å²) < 4.78 is 35.7. The molecule has 1 saturated heterocycles. The Labute approximate surface area is 209 Å². The number of rotatable bonds is 6. The number of nitrogens with one attached hydrogen (secondary N) is 3. The zero-order chi connectivity index (χ0) is 25.5. The molecule has 0 aliphatic carbocycles. The van der Waals surface area contributed by atoms with Crippen molar-refractivity contribution in [2.45, 2.75) is 13.3 Å². The lowest BCUT2D eigenvalue weighted by Crippen LogP contribution is -2.42. The molecule has 4 heterocycles. The number of carbonyl (C=O) groups excluding carboxylic acids is 1. The van der Waals surface area contributed by atoms with Crippen molar-refractivity contribution < 1.29 is 18.3 Å². The van der Waals surface area contributed by atoms with Crippen molar-refractivity contribution >= 4 is 28.4 Å². The highest BCUT2D eigenvalue weighted by Crippen LogP contribution is 2.35. The smallest absolute Gasteiger partial charge is 0.263 e. The van der Waals surface area contributed by atoms with Crippen molar-refractivity contribution in [1.29, 1.82) is 0 Å². The first-order chi connectivity index (χ1) is 18.0. The molecule has 3 N–H and O–H groups in total. The maximum absolute atomic E-state index is 15.2. The minimum Gasteiger partial charge on any atom is -0.435 e. The number of anilines is 2. The molecule has 1 aliphatic rings. The third-order valence-electron chi connectivity index (χ3n) is 6.19. The van der Waals surface area contributed by atoms with Crippen LogP contribution in [0.4, 0.5) is 20.4 Å². The Kier molecular flexibility index (Phi) is 5.52. The summed E-state index contributed by atoms with van der Waals surface area (Å²) in [6.07, 6.45) is 2.05. The molecule has 0 unspecified atom stereocenters. The number of aryl methyl sites for hydroxylation is 1. The van der Waals surface area contributed by atoms with Crippen molar-refractivity contribution in [2.75, 3.05) is 18.4 Å². The van der Waals surface area contributed by atoms with Crippen molar-refractivity contribution in [1.82, 2.24) is 30.0 Å². The van der Waals surface area contributed by atoms with Crippen molar-refractivity contribution in [3.8, 4) is 22.9 Å². The molecule has 0 saturated carbocycles. The SMILES string of the molecule is Cc1cc2c(F)c(Oc3ncnc(Nc4cc(-c5ccccc5)[nH]n4)c3C(=O)N3CCC3)cc(F)c2[nH]1. The third-order valence-corrected chi connectivity index (χ3v) is 6.19. The van der Waals surface area contributed by atoms with Crippen LogP contribution in [-0.2, 0) is 0 Å².